The van der Waals surface area contributed by atoms with Crippen LogP contribution in [0.4, 0.5) is 0 Å². The minimum absolute atomic E-state index is 0.00525. The van der Waals surface area contributed by atoms with Crippen LogP contribution < -0.4 is 15.0 Å². The summed E-state index contributed by atoms with van der Waals surface area (Å²) in [6.45, 7) is 0.794. The van der Waals surface area contributed by atoms with Crippen LogP contribution in [0.2, 0.25) is 5.02 Å². The van der Waals surface area contributed by atoms with Gasteiger partial charge in [-0.2, -0.15) is 4.98 Å². The number of likely N-dealkylation sites (tertiary alicyclic amines) is 1. The summed E-state index contributed by atoms with van der Waals surface area (Å²) in [5.74, 6) is 0.748. The van der Waals surface area contributed by atoms with Gasteiger partial charge < -0.3 is 19.5 Å². The van der Waals surface area contributed by atoms with Crippen molar-refractivity contribution in [2.45, 2.75) is 38.0 Å². The van der Waals surface area contributed by atoms with Crippen molar-refractivity contribution >= 4 is 17.5 Å². The molecule has 1 saturated carbocycles. The van der Waals surface area contributed by atoms with Crippen LogP contribution in [0.25, 0.3) is 5.69 Å². The fraction of sp³-hybridized carbons (Fsp3) is 0.407. The van der Waals surface area contributed by atoms with E-state index in [1.807, 2.05) is 6.07 Å². The molecular weight excluding hydrogens is 496 g/mol. The minimum atomic E-state index is -0.744. The highest BCUT2D eigenvalue weighted by Crippen LogP contribution is 2.38. The number of halogens is 1. The third-order valence-electron chi connectivity index (χ3n) is 7.09. The third kappa shape index (κ3) is 5.00. The first kappa shape index (κ1) is 25.1. The molecule has 5 rings (SSSR count). The molecule has 0 radical (unpaired) electrons. The summed E-state index contributed by atoms with van der Waals surface area (Å²) in [5, 5.41) is 12.0. The van der Waals surface area contributed by atoms with Gasteiger partial charge in [0.05, 0.1) is 19.2 Å². The number of hydrogen-bond donors (Lipinski definition) is 1. The van der Waals surface area contributed by atoms with Crippen LogP contribution in [0.5, 0.6) is 17.4 Å². The second-order valence-corrected chi connectivity index (χ2v) is 9.93. The van der Waals surface area contributed by atoms with Gasteiger partial charge >= 0.3 is 0 Å². The van der Waals surface area contributed by atoms with Gasteiger partial charge in [0.15, 0.2) is 5.56 Å². The summed E-state index contributed by atoms with van der Waals surface area (Å²) in [5.41, 5.74) is 0.106. The van der Waals surface area contributed by atoms with Crippen molar-refractivity contribution in [2.24, 2.45) is 5.92 Å². The molecule has 9 nitrogen and oxygen atoms in total. The highest BCUT2D eigenvalue weighted by molar-refractivity contribution is 6.30. The Morgan fingerprint density at radius 1 is 1.14 bits per heavy atom. The molecular formula is C27H29ClN4O5. The monoisotopic (exact) mass is 524 g/mol. The molecule has 2 aromatic heterocycles. The Balaban J connectivity index is 1.55. The van der Waals surface area contributed by atoms with E-state index >= 15 is 0 Å². The smallest absolute Gasteiger partial charge is 0.289 e. The summed E-state index contributed by atoms with van der Waals surface area (Å²) >= 11 is 5.96. The number of para-hydroxylation sites is 1. The maximum absolute atomic E-state index is 13.6. The van der Waals surface area contributed by atoms with Gasteiger partial charge in [-0.3, -0.25) is 19.1 Å². The van der Waals surface area contributed by atoms with Gasteiger partial charge in [0.25, 0.3) is 11.5 Å². The van der Waals surface area contributed by atoms with E-state index < -0.39 is 17.3 Å². The quantitative estimate of drug-likeness (QED) is 0.475. The van der Waals surface area contributed by atoms with Crippen molar-refractivity contribution in [1.82, 2.24) is 19.4 Å². The normalized spacial score (nSPS) is 17.2. The Hall–Kier alpha value is -3.59. The molecule has 1 atom stereocenters. The van der Waals surface area contributed by atoms with E-state index in [1.54, 1.807) is 35.4 Å². The van der Waals surface area contributed by atoms with Gasteiger partial charge in [-0.05, 0) is 43.0 Å². The lowest BCUT2D eigenvalue weighted by molar-refractivity contribution is 0.0784. The largest absolute Gasteiger partial charge is 0.494 e. The maximum atomic E-state index is 13.6. The van der Waals surface area contributed by atoms with Crippen LogP contribution in [-0.4, -0.2) is 57.8 Å². The number of rotatable bonds is 8. The number of hydrogen-bond acceptors (Lipinski definition) is 7. The van der Waals surface area contributed by atoms with Crippen LogP contribution >= 0.6 is 11.6 Å². The third-order valence-corrected chi connectivity index (χ3v) is 7.32. The van der Waals surface area contributed by atoms with Crippen LogP contribution in [0.15, 0.2) is 41.3 Å². The number of methoxy groups -OCH3 is 2. The maximum Gasteiger partial charge on any atom is 0.289 e. The predicted octanol–water partition coefficient (Wildman–Crippen LogP) is 3.98. The number of carbonyl (C=O) groups is 1. The lowest BCUT2D eigenvalue weighted by Gasteiger charge is -2.22. The van der Waals surface area contributed by atoms with Gasteiger partial charge in [0, 0.05) is 37.3 Å². The second kappa shape index (κ2) is 10.4. The number of amides is 1. The molecule has 37 heavy (non-hydrogen) atoms. The highest BCUT2D eigenvalue weighted by atomic mass is 35.5. The van der Waals surface area contributed by atoms with Gasteiger partial charge in [0.2, 0.25) is 5.88 Å². The number of aromatic nitrogens is 3. The number of benzene rings is 1. The molecule has 1 aliphatic heterocycles. The second-order valence-electron chi connectivity index (χ2n) is 9.50. The number of nitrogens with zero attached hydrogens (tertiary/aromatic N) is 4. The predicted molar refractivity (Wildman–Crippen MR) is 138 cm³/mol. The Bertz CT molecular complexity index is 1350. The number of aromatic hydroxyl groups is 1. The summed E-state index contributed by atoms with van der Waals surface area (Å²) in [4.78, 5) is 37.0. The first-order valence-electron chi connectivity index (χ1n) is 12.4. The van der Waals surface area contributed by atoms with Crippen molar-refractivity contribution in [3.05, 3.63) is 69.0 Å². The zero-order valence-corrected chi connectivity index (χ0v) is 21.6. The molecule has 194 valence electrons. The SMILES string of the molecule is COc1cccc(OC)c1-n1c(CCC2CC2)nc(=O)c(C(=O)N2CCC(c3ccc(Cl)cn3)C2)c1O. The Labute approximate surface area is 219 Å². The van der Waals surface area contributed by atoms with Crippen LogP contribution in [0.1, 0.15) is 53.5 Å². The van der Waals surface area contributed by atoms with Crippen LogP contribution in [0, 0.1) is 5.92 Å². The van der Waals surface area contributed by atoms with E-state index in [2.05, 4.69) is 9.97 Å². The van der Waals surface area contributed by atoms with Gasteiger partial charge in [-0.15, -0.1) is 0 Å². The molecule has 1 aliphatic carbocycles. The van der Waals surface area contributed by atoms with Gasteiger partial charge in [-0.25, -0.2) is 0 Å². The molecule has 1 amide bonds. The zero-order chi connectivity index (χ0) is 26.1. The number of ether oxygens (including phenoxy) is 2. The number of aryl methyl sites for hydroxylation is 1. The van der Waals surface area contributed by atoms with E-state index in [9.17, 15) is 14.7 Å². The van der Waals surface area contributed by atoms with Crippen molar-refractivity contribution in [3.8, 4) is 23.1 Å². The summed E-state index contributed by atoms with van der Waals surface area (Å²) in [6, 6.07) is 8.83. The topological polar surface area (TPSA) is 107 Å². The molecule has 1 unspecified atom stereocenters. The molecule has 3 aromatic rings. The zero-order valence-electron chi connectivity index (χ0n) is 20.8. The molecule has 0 spiro atoms. The van der Waals surface area contributed by atoms with Crippen LogP contribution in [-0.2, 0) is 6.42 Å². The fourth-order valence-corrected chi connectivity index (χ4v) is 5.02. The molecule has 2 aliphatic rings. The Kier molecular flexibility index (Phi) is 7.06. The number of carbonyl (C=O) groups excluding carboxylic acids is 1. The molecule has 3 heterocycles. The summed E-state index contributed by atoms with van der Waals surface area (Å²) < 4.78 is 12.6. The van der Waals surface area contributed by atoms with E-state index in [0.29, 0.717) is 59.9 Å². The van der Waals surface area contributed by atoms with Gasteiger partial charge in [-0.1, -0.05) is 30.5 Å². The summed E-state index contributed by atoms with van der Waals surface area (Å²) in [7, 11) is 3.02. The standard InChI is InChI=1S/C27H29ClN4O5/c1-36-20-4-3-5-21(37-2)24(20)32-22(11-8-16-6-7-16)30-25(33)23(27(32)35)26(34)31-13-12-17(15-31)19-10-9-18(28)14-29-19/h3-5,9-10,14,16-17,35H,6-8,11-13,15H2,1-2H3. The van der Waals surface area contributed by atoms with Crippen LogP contribution in [0.3, 0.4) is 0 Å². The van der Waals surface area contributed by atoms with E-state index in [-0.39, 0.29) is 11.5 Å². The molecule has 10 heteroatoms. The first-order chi connectivity index (χ1) is 17.9. The lowest BCUT2D eigenvalue weighted by atomic mass is 10.0. The Morgan fingerprint density at radius 3 is 2.49 bits per heavy atom. The molecule has 2 fully saturated rings. The van der Waals surface area contributed by atoms with E-state index in [4.69, 9.17) is 21.1 Å². The molecule has 0 bridgehead atoms. The minimum Gasteiger partial charge on any atom is -0.494 e. The van der Waals surface area contributed by atoms with Crippen molar-refractivity contribution < 1.29 is 19.4 Å². The van der Waals surface area contributed by atoms with Crippen molar-refractivity contribution in [1.29, 1.82) is 0 Å². The Morgan fingerprint density at radius 2 is 1.86 bits per heavy atom. The average Bonchev–Trinajstić information content (AvgIpc) is 3.60. The van der Waals surface area contributed by atoms with Gasteiger partial charge in [0.1, 0.15) is 23.0 Å². The number of pyridine rings is 1. The fourth-order valence-electron chi connectivity index (χ4n) is 4.91. The average molecular weight is 525 g/mol. The molecule has 1 saturated heterocycles. The van der Waals surface area contributed by atoms with Crippen molar-refractivity contribution in [3.63, 3.8) is 0 Å². The molecule has 1 N–H and O–H groups in total. The summed E-state index contributed by atoms with van der Waals surface area (Å²) in [6.07, 6.45) is 5.85. The lowest BCUT2D eigenvalue weighted by Crippen LogP contribution is -2.35. The first-order valence-corrected chi connectivity index (χ1v) is 12.8. The highest BCUT2D eigenvalue weighted by Gasteiger charge is 2.34. The van der Waals surface area contributed by atoms with E-state index in [0.717, 1.165) is 25.0 Å². The van der Waals surface area contributed by atoms with E-state index in [1.165, 1.54) is 18.8 Å². The molecule has 1 aromatic carbocycles. The van der Waals surface area contributed by atoms with Crippen molar-refractivity contribution in [2.75, 3.05) is 27.3 Å².